The fourth-order valence-corrected chi connectivity index (χ4v) is 3.05. The van der Waals surface area contributed by atoms with Crippen LogP contribution in [0.15, 0.2) is 0 Å². The third-order valence-electron chi connectivity index (χ3n) is 4.20. The van der Waals surface area contributed by atoms with Crippen LogP contribution in [0, 0.1) is 5.92 Å². The van der Waals surface area contributed by atoms with Gasteiger partial charge < -0.3 is 19.9 Å². The zero-order valence-corrected chi connectivity index (χ0v) is 12.9. The molecule has 1 aromatic rings. The van der Waals surface area contributed by atoms with Crippen LogP contribution >= 0.6 is 0 Å². The van der Waals surface area contributed by atoms with Crippen LogP contribution in [-0.4, -0.2) is 61.9 Å². The van der Waals surface area contributed by atoms with E-state index in [0.717, 1.165) is 51.1 Å². The first-order chi connectivity index (χ1) is 10.3. The van der Waals surface area contributed by atoms with Crippen molar-refractivity contribution in [3.63, 3.8) is 0 Å². The fraction of sp³-hybridized carbons (Fsp3) is 0.786. The minimum absolute atomic E-state index is 0.569. The minimum Gasteiger partial charge on any atom is -0.384 e. The van der Waals surface area contributed by atoms with Gasteiger partial charge in [0.15, 0.2) is 0 Å². The van der Waals surface area contributed by atoms with Crippen LogP contribution in [0.3, 0.4) is 0 Å². The topological polar surface area (TPSA) is 66.4 Å². The summed E-state index contributed by atoms with van der Waals surface area (Å²) in [5, 5.41) is 3.05. The Morgan fingerprint density at radius 2 is 1.81 bits per heavy atom. The third-order valence-corrected chi connectivity index (χ3v) is 4.20. The number of aromatic nitrogens is 3. The van der Waals surface area contributed by atoms with E-state index in [2.05, 4.69) is 30.1 Å². The van der Waals surface area contributed by atoms with E-state index in [1.54, 1.807) is 7.11 Å². The molecule has 1 atom stereocenters. The summed E-state index contributed by atoms with van der Waals surface area (Å²) in [6.45, 7) is 4.83. The number of rotatable bonds is 5. The van der Waals surface area contributed by atoms with E-state index < -0.39 is 0 Å². The van der Waals surface area contributed by atoms with Crippen molar-refractivity contribution in [2.24, 2.45) is 5.92 Å². The molecule has 7 heteroatoms. The van der Waals surface area contributed by atoms with E-state index in [0.29, 0.717) is 11.9 Å². The Morgan fingerprint density at radius 1 is 1.10 bits per heavy atom. The summed E-state index contributed by atoms with van der Waals surface area (Å²) in [5.41, 5.74) is 0. The maximum Gasteiger partial charge on any atom is 0.231 e. The Balaban J connectivity index is 1.79. The van der Waals surface area contributed by atoms with Gasteiger partial charge in [-0.3, -0.25) is 0 Å². The maximum atomic E-state index is 5.26. The van der Waals surface area contributed by atoms with E-state index in [1.807, 2.05) is 7.05 Å². The monoisotopic (exact) mass is 292 g/mol. The first-order valence-corrected chi connectivity index (χ1v) is 7.73. The number of nitrogens with one attached hydrogen (secondary N) is 1. The molecule has 0 radical (unpaired) electrons. The van der Waals surface area contributed by atoms with Crippen LogP contribution in [0.1, 0.15) is 19.3 Å². The van der Waals surface area contributed by atoms with Gasteiger partial charge in [0.2, 0.25) is 17.8 Å². The Morgan fingerprint density at radius 3 is 2.48 bits per heavy atom. The van der Waals surface area contributed by atoms with Crippen molar-refractivity contribution in [2.75, 3.05) is 62.1 Å². The quantitative estimate of drug-likeness (QED) is 0.868. The molecular weight excluding hydrogens is 268 g/mol. The SMILES string of the molecule is CNc1nc(N2CCCC2)nc(N2CCC(COC)C2)n1. The number of hydrogen-bond acceptors (Lipinski definition) is 7. The zero-order valence-electron chi connectivity index (χ0n) is 12.9. The predicted molar refractivity (Wildman–Crippen MR) is 83.0 cm³/mol. The highest BCUT2D eigenvalue weighted by Gasteiger charge is 2.26. The smallest absolute Gasteiger partial charge is 0.231 e. The summed E-state index contributed by atoms with van der Waals surface area (Å²) in [4.78, 5) is 18.2. The number of anilines is 3. The van der Waals surface area contributed by atoms with Gasteiger partial charge in [-0.25, -0.2) is 0 Å². The molecule has 116 valence electrons. The van der Waals surface area contributed by atoms with Gasteiger partial charge in [-0.15, -0.1) is 0 Å². The van der Waals surface area contributed by atoms with Gasteiger partial charge in [-0.05, 0) is 19.3 Å². The third kappa shape index (κ3) is 3.18. The molecule has 7 nitrogen and oxygen atoms in total. The number of nitrogens with zero attached hydrogens (tertiary/aromatic N) is 5. The van der Waals surface area contributed by atoms with Crippen LogP contribution in [0.4, 0.5) is 17.8 Å². The molecule has 2 saturated heterocycles. The van der Waals surface area contributed by atoms with Gasteiger partial charge in [0.05, 0.1) is 6.61 Å². The second-order valence-electron chi connectivity index (χ2n) is 5.76. The number of ether oxygens (including phenoxy) is 1. The van der Waals surface area contributed by atoms with Crippen molar-refractivity contribution in [1.29, 1.82) is 0 Å². The van der Waals surface area contributed by atoms with Crippen LogP contribution in [0.5, 0.6) is 0 Å². The van der Waals surface area contributed by atoms with E-state index in [1.165, 1.54) is 12.8 Å². The highest BCUT2D eigenvalue weighted by atomic mass is 16.5. The Labute approximate surface area is 125 Å². The molecule has 2 aliphatic heterocycles. The summed E-state index contributed by atoms with van der Waals surface area (Å²) < 4.78 is 5.26. The van der Waals surface area contributed by atoms with Gasteiger partial charge in [0, 0.05) is 46.3 Å². The largest absolute Gasteiger partial charge is 0.384 e. The lowest BCUT2D eigenvalue weighted by Crippen LogP contribution is -2.27. The second-order valence-corrected chi connectivity index (χ2v) is 5.76. The summed E-state index contributed by atoms with van der Waals surface area (Å²) in [6.07, 6.45) is 3.57. The van der Waals surface area contributed by atoms with E-state index in [-0.39, 0.29) is 0 Å². The van der Waals surface area contributed by atoms with Gasteiger partial charge in [-0.1, -0.05) is 0 Å². The zero-order chi connectivity index (χ0) is 14.7. The molecule has 0 saturated carbocycles. The molecule has 2 fully saturated rings. The summed E-state index contributed by atoms with van der Waals surface area (Å²) in [6, 6.07) is 0. The summed E-state index contributed by atoms with van der Waals surface area (Å²) >= 11 is 0. The van der Waals surface area contributed by atoms with Crippen LogP contribution in [0.25, 0.3) is 0 Å². The van der Waals surface area contributed by atoms with E-state index in [4.69, 9.17) is 4.74 Å². The van der Waals surface area contributed by atoms with Crippen LogP contribution < -0.4 is 15.1 Å². The molecule has 0 aliphatic carbocycles. The molecule has 0 bridgehead atoms. The van der Waals surface area contributed by atoms with Crippen molar-refractivity contribution in [2.45, 2.75) is 19.3 Å². The standard InChI is InChI=1S/C14H24N6O/c1-15-12-16-13(19-6-3-4-7-19)18-14(17-12)20-8-5-11(9-20)10-21-2/h11H,3-10H2,1-2H3,(H,15,16,17,18). The molecule has 0 amide bonds. The molecule has 2 aliphatic rings. The predicted octanol–water partition coefficient (Wildman–Crippen LogP) is 0.986. The second kappa shape index (κ2) is 6.43. The highest BCUT2D eigenvalue weighted by molar-refractivity contribution is 5.46. The normalized spacial score (nSPS) is 22.1. The van der Waals surface area contributed by atoms with Crippen molar-refractivity contribution in [3.8, 4) is 0 Å². The molecule has 1 N–H and O–H groups in total. The molecule has 3 heterocycles. The van der Waals surface area contributed by atoms with Gasteiger partial charge in [0.25, 0.3) is 0 Å². The summed E-state index contributed by atoms with van der Waals surface area (Å²) in [5.74, 6) is 2.81. The van der Waals surface area contributed by atoms with E-state index >= 15 is 0 Å². The molecule has 21 heavy (non-hydrogen) atoms. The molecule has 1 aromatic heterocycles. The minimum atomic E-state index is 0.569. The van der Waals surface area contributed by atoms with Gasteiger partial charge in [-0.2, -0.15) is 15.0 Å². The Kier molecular flexibility index (Phi) is 4.38. The summed E-state index contributed by atoms with van der Waals surface area (Å²) in [7, 11) is 3.61. The van der Waals surface area contributed by atoms with Gasteiger partial charge in [0.1, 0.15) is 0 Å². The Hall–Kier alpha value is -1.63. The van der Waals surface area contributed by atoms with Crippen molar-refractivity contribution >= 4 is 17.8 Å². The lowest BCUT2D eigenvalue weighted by Gasteiger charge is -2.20. The van der Waals surface area contributed by atoms with Crippen LogP contribution in [0.2, 0.25) is 0 Å². The van der Waals surface area contributed by atoms with Crippen molar-refractivity contribution < 1.29 is 4.74 Å². The first-order valence-electron chi connectivity index (χ1n) is 7.73. The molecule has 1 unspecified atom stereocenters. The maximum absolute atomic E-state index is 5.26. The van der Waals surface area contributed by atoms with Gasteiger partial charge >= 0.3 is 0 Å². The molecular formula is C14H24N6O. The molecule has 0 aromatic carbocycles. The van der Waals surface area contributed by atoms with Crippen molar-refractivity contribution in [3.05, 3.63) is 0 Å². The Bertz CT molecular complexity index is 477. The number of methoxy groups -OCH3 is 1. The van der Waals surface area contributed by atoms with Crippen molar-refractivity contribution in [1.82, 2.24) is 15.0 Å². The lowest BCUT2D eigenvalue weighted by atomic mass is 10.1. The lowest BCUT2D eigenvalue weighted by molar-refractivity contribution is 0.161. The number of hydrogen-bond donors (Lipinski definition) is 1. The van der Waals surface area contributed by atoms with E-state index in [9.17, 15) is 0 Å². The molecule has 0 spiro atoms. The average molecular weight is 292 g/mol. The fourth-order valence-electron chi connectivity index (χ4n) is 3.05. The highest BCUT2D eigenvalue weighted by Crippen LogP contribution is 2.24. The van der Waals surface area contributed by atoms with Crippen LogP contribution in [-0.2, 0) is 4.74 Å². The molecule has 3 rings (SSSR count). The first kappa shape index (κ1) is 14.3. The average Bonchev–Trinajstić information content (AvgIpc) is 3.18.